The van der Waals surface area contributed by atoms with Crippen molar-refractivity contribution in [3.63, 3.8) is 0 Å². The number of nitrogens with one attached hydrogen (secondary N) is 2. The van der Waals surface area contributed by atoms with E-state index in [9.17, 15) is 0 Å². The van der Waals surface area contributed by atoms with Crippen LogP contribution in [0, 0.1) is 0 Å². The van der Waals surface area contributed by atoms with Crippen molar-refractivity contribution in [2.45, 2.75) is 13.8 Å². The monoisotopic (exact) mass is 222 g/mol. The highest BCUT2D eigenvalue weighted by molar-refractivity contribution is 5.94. The van der Waals surface area contributed by atoms with Crippen LogP contribution in [0.25, 0.3) is 0 Å². The Morgan fingerprint density at radius 3 is 2.75 bits per heavy atom. The first kappa shape index (κ1) is 12.3. The number of nitrogens with two attached hydrogens (primary N) is 1. The summed E-state index contributed by atoms with van der Waals surface area (Å²) in [6.07, 6.45) is 0. The second-order valence-corrected chi connectivity index (χ2v) is 3.02. The highest BCUT2D eigenvalue weighted by Crippen LogP contribution is 2.23. The third kappa shape index (κ3) is 3.43. The molecule has 0 bridgehead atoms. The molecule has 88 valence electrons. The topological polar surface area (TPSA) is 71.7 Å². The van der Waals surface area contributed by atoms with E-state index in [-0.39, 0.29) is 0 Å². The maximum atomic E-state index is 5.47. The number of anilines is 1. The second kappa shape index (κ2) is 6.68. The van der Waals surface area contributed by atoms with Gasteiger partial charge in [0.2, 0.25) is 5.96 Å². The molecule has 4 N–H and O–H groups in total. The lowest BCUT2D eigenvalue weighted by atomic mass is 10.3. The molecule has 0 spiro atoms. The van der Waals surface area contributed by atoms with Crippen LogP contribution in [0.3, 0.4) is 0 Å². The summed E-state index contributed by atoms with van der Waals surface area (Å²) in [5.41, 5.74) is 3.35. The molecule has 0 atom stereocenters. The van der Waals surface area contributed by atoms with Gasteiger partial charge in [0, 0.05) is 6.54 Å². The van der Waals surface area contributed by atoms with E-state index in [1.165, 1.54) is 0 Å². The molecule has 5 heteroatoms. The van der Waals surface area contributed by atoms with Crippen LogP contribution in [0.4, 0.5) is 5.69 Å². The van der Waals surface area contributed by atoms with Gasteiger partial charge in [0.05, 0.1) is 12.3 Å². The van der Waals surface area contributed by atoms with Gasteiger partial charge >= 0.3 is 0 Å². The zero-order valence-corrected chi connectivity index (χ0v) is 9.66. The van der Waals surface area contributed by atoms with Crippen LogP contribution < -0.4 is 21.3 Å². The van der Waals surface area contributed by atoms with Crippen molar-refractivity contribution in [1.82, 2.24) is 5.43 Å². The van der Waals surface area contributed by atoms with E-state index in [1.54, 1.807) is 0 Å². The van der Waals surface area contributed by atoms with Crippen molar-refractivity contribution >= 4 is 11.6 Å². The maximum absolute atomic E-state index is 5.47. The first-order chi connectivity index (χ1) is 7.81. The Labute approximate surface area is 95.7 Å². The lowest BCUT2D eigenvalue weighted by Crippen LogP contribution is -2.36. The first-order valence-electron chi connectivity index (χ1n) is 5.31. The predicted octanol–water partition coefficient (Wildman–Crippen LogP) is 1.34. The number of benzene rings is 1. The largest absolute Gasteiger partial charge is 0.492 e. The molecule has 0 radical (unpaired) electrons. The van der Waals surface area contributed by atoms with E-state index in [0.717, 1.165) is 11.4 Å². The number of guanidine groups is 1. The average molecular weight is 222 g/mol. The highest BCUT2D eigenvalue weighted by Gasteiger charge is 2.03. The molecule has 0 aromatic heterocycles. The fourth-order valence-corrected chi connectivity index (χ4v) is 1.26. The van der Waals surface area contributed by atoms with Crippen LogP contribution in [-0.2, 0) is 0 Å². The number of hydrazine groups is 1. The second-order valence-electron chi connectivity index (χ2n) is 3.02. The summed E-state index contributed by atoms with van der Waals surface area (Å²) in [4.78, 5) is 4.15. The van der Waals surface area contributed by atoms with Crippen LogP contribution in [0.5, 0.6) is 5.75 Å². The van der Waals surface area contributed by atoms with Gasteiger partial charge < -0.3 is 10.1 Å². The molecule has 0 aliphatic rings. The fourth-order valence-electron chi connectivity index (χ4n) is 1.26. The van der Waals surface area contributed by atoms with Crippen molar-refractivity contribution in [1.29, 1.82) is 0 Å². The van der Waals surface area contributed by atoms with E-state index >= 15 is 0 Å². The summed E-state index contributed by atoms with van der Waals surface area (Å²) >= 11 is 0. The average Bonchev–Trinajstić information content (AvgIpc) is 2.31. The molecule has 5 nitrogen and oxygen atoms in total. The molecule has 1 aromatic rings. The molecular weight excluding hydrogens is 204 g/mol. The molecule has 0 aliphatic heterocycles. The molecular formula is C11H18N4O. The molecule has 0 unspecified atom stereocenters. The normalized spacial score (nSPS) is 11.1. The Balaban J connectivity index is 2.82. The van der Waals surface area contributed by atoms with Crippen LogP contribution in [-0.4, -0.2) is 19.1 Å². The zero-order valence-electron chi connectivity index (χ0n) is 9.66. The Morgan fingerprint density at radius 2 is 2.12 bits per heavy atom. The fraction of sp³-hybridized carbons (Fsp3) is 0.364. The third-order valence-corrected chi connectivity index (χ3v) is 1.89. The van der Waals surface area contributed by atoms with Gasteiger partial charge in [-0.2, -0.15) is 0 Å². The number of para-hydroxylation sites is 2. The van der Waals surface area contributed by atoms with E-state index in [2.05, 4.69) is 15.7 Å². The van der Waals surface area contributed by atoms with E-state index < -0.39 is 0 Å². The Hall–Kier alpha value is -1.75. The molecule has 0 saturated heterocycles. The van der Waals surface area contributed by atoms with Crippen molar-refractivity contribution in [3.05, 3.63) is 24.3 Å². The van der Waals surface area contributed by atoms with Crippen LogP contribution in [0.15, 0.2) is 29.3 Å². The summed E-state index contributed by atoms with van der Waals surface area (Å²) < 4.78 is 5.47. The van der Waals surface area contributed by atoms with E-state index in [1.807, 2.05) is 38.1 Å². The molecule has 0 aliphatic carbocycles. The molecule has 0 heterocycles. The zero-order chi connectivity index (χ0) is 11.8. The summed E-state index contributed by atoms with van der Waals surface area (Å²) in [6, 6.07) is 7.65. The molecule has 1 rings (SSSR count). The van der Waals surface area contributed by atoms with Gasteiger partial charge in [-0.25, -0.2) is 5.84 Å². The van der Waals surface area contributed by atoms with Crippen molar-refractivity contribution in [3.8, 4) is 5.75 Å². The Morgan fingerprint density at radius 1 is 1.38 bits per heavy atom. The number of rotatable bonds is 4. The Kier molecular flexibility index (Phi) is 5.15. The van der Waals surface area contributed by atoms with Crippen molar-refractivity contribution in [2.75, 3.05) is 18.5 Å². The lowest BCUT2D eigenvalue weighted by Gasteiger charge is -2.13. The number of ether oxygens (including phenoxy) is 1. The summed E-state index contributed by atoms with van der Waals surface area (Å²) in [6.45, 7) is 5.16. The minimum absolute atomic E-state index is 0.523. The van der Waals surface area contributed by atoms with Gasteiger partial charge in [-0.15, -0.1) is 0 Å². The maximum Gasteiger partial charge on any atom is 0.210 e. The lowest BCUT2D eigenvalue weighted by molar-refractivity contribution is 0.342. The minimum Gasteiger partial charge on any atom is -0.492 e. The van der Waals surface area contributed by atoms with Gasteiger partial charge in [-0.05, 0) is 26.0 Å². The third-order valence-electron chi connectivity index (χ3n) is 1.89. The SMILES string of the molecule is CCN=C(NN)Nc1ccccc1OCC. The van der Waals surface area contributed by atoms with Crippen LogP contribution in [0.1, 0.15) is 13.8 Å². The predicted molar refractivity (Wildman–Crippen MR) is 66.5 cm³/mol. The molecule has 0 saturated carbocycles. The van der Waals surface area contributed by atoms with Gasteiger partial charge in [-0.1, -0.05) is 12.1 Å². The first-order valence-corrected chi connectivity index (χ1v) is 5.31. The Bertz CT molecular complexity index is 352. The van der Waals surface area contributed by atoms with Crippen molar-refractivity contribution in [2.24, 2.45) is 10.8 Å². The minimum atomic E-state index is 0.523. The number of hydrogen-bond acceptors (Lipinski definition) is 3. The van der Waals surface area contributed by atoms with Crippen LogP contribution >= 0.6 is 0 Å². The van der Waals surface area contributed by atoms with Gasteiger partial charge in [0.15, 0.2) is 0 Å². The van der Waals surface area contributed by atoms with Crippen molar-refractivity contribution < 1.29 is 4.74 Å². The molecule has 0 amide bonds. The van der Waals surface area contributed by atoms with Gasteiger partial charge in [0.1, 0.15) is 5.75 Å². The van der Waals surface area contributed by atoms with Gasteiger partial charge in [0.25, 0.3) is 0 Å². The van der Waals surface area contributed by atoms with E-state index in [4.69, 9.17) is 10.6 Å². The standard InChI is InChI=1S/C11H18N4O/c1-3-13-11(15-12)14-9-7-5-6-8-10(9)16-4-2/h5-8H,3-4,12H2,1-2H3,(H2,13,14,15). The van der Waals surface area contributed by atoms with Crippen LogP contribution in [0.2, 0.25) is 0 Å². The quantitative estimate of drug-likeness (QED) is 0.311. The highest BCUT2D eigenvalue weighted by atomic mass is 16.5. The van der Waals surface area contributed by atoms with Gasteiger partial charge in [-0.3, -0.25) is 10.4 Å². The summed E-state index contributed by atoms with van der Waals surface area (Å²) in [5, 5.41) is 3.07. The summed E-state index contributed by atoms with van der Waals surface area (Å²) in [7, 11) is 0. The molecule has 16 heavy (non-hydrogen) atoms. The van der Waals surface area contributed by atoms with E-state index in [0.29, 0.717) is 19.1 Å². The molecule has 1 aromatic carbocycles. The summed E-state index contributed by atoms with van der Waals surface area (Å²) in [5.74, 6) is 6.65. The number of aliphatic imine (C=N–C) groups is 1. The smallest absolute Gasteiger partial charge is 0.210 e. The number of nitrogens with zero attached hydrogens (tertiary/aromatic N) is 1. The number of hydrogen-bond donors (Lipinski definition) is 3. The molecule has 0 fully saturated rings.